The lowest BCUT2D eigenvalue weighted by molar-refractivity contribution is -0.146. The van der Waals surface area contributed by atoms with E-state index in [0.717, 1.165) is 5.56 Å². The third kappa shape index (κ3) is 3.21. The van der Waals surface area contributed by atoms with Crippen LogP contribution in [0, 0.1) is 11.8 Å². The number of carbonyl (C=O) groups excluding carboxylic acids is 2. The number of nitrogens with zero attached hydrogens (tertiary/aromatic N) is 1. The molecule has 0 aromatic heterocycles. The summed E-state index contributed by atoms with van der Waals surface area (Å²) in [5.41, 5.74) is 1.07. The Morgan fingerprint density at radius 2 is 1.96 bits per heavy atom. The summed E-state index contributed by atoms with van der Waals surface area (Å²) in [4.78, 5) is 37.2. The molecule has 3 rings (SSSR count). The Labute approximate surface area is 134 Å². The number of imide groups is 1. The maximum atomic E-state index is 12.6. The minimum Gasteiger partial charge on any atom is -0.481 e. The molecule has 0 radical (unpaired) electrons. The molecule has 2 fully saturated rings. The second-order valence-corrected chi connectivity index (χ2v) is 6.24. The molecule has 1 saturated carbocycles. The first-order chi connectivity index (χ1) is 11.1. The summed E-state index contributed by atoms with van der Waals surface area (Å²) in [6, 6.07) is 8.96. The molecule has 3 atom stereocenters. The molecule has 1 saturated heterocycles. The number of carboxylic acids is 1. The van der Waals surface area contributed by atoms with E-state index in [-0.39, 0.29) is 17.9 Å². The number of amides is 3. The third-order valence-corrected chi connectivity index (χ3v) is 4.80. The Bertz CT molecular complexity index is 616. The van der Waals surface area contributed by atoms with Crippen LogP contribution in [-0.4, -0.2) is 40.5 Å². The lowest BCUT2D eigenvalue weighted by Crippen LogP contribution is -2.62. The van der Waals surface area contributed by atoms with Gasteiger partial charge in [-0.1, -0.05) is 30.3 Å². The molecular formula is C17H20N2O4. The van der Waals surface area contributed by atoms with Gasteiger partial charge in [0.1, 0.15) is 0 Å². The zero-order valence-corrected chi connectivity index (χ0v) is 12.8. The van der Waals surface area contributed by atoms with Crippen molar-refractivity contribution < 1.29 is 19.5 Å². The van der Waals surface area contributed by atoms with Crippen LogP contribution in [0.5, 0.6) is 0 Å². The fourth-order valence-corrected chi connectivity index (χ4v) is 3.48. The van der Waals surface area contributed by atoms with E-state index in [4.69, 9.17) is 5.11 Å². The van der Waals surface area contributed by atoms with Crippen molar-refractivity contribution >= 4 is 17.9 Å². The van der Waals surface area contributed by atoms with E-state index in [1.165, 1.54) is 4.90 Å². The lowest BCUT2D eigenvalue weighted by Gasteiger charge is -2.41. The van der Waals surface area contributed by atoms with E-state index < -0.39 is 17.9 Å². The number of carboxylic acid groups (broad SMARTS) is 1. The summed E-state index contributed by atoms with van der Waals surface area (Å²) in [6.07, 6.45) is 1.96. The van der Waals surface area contributed by atoms with E-state index in [1.807, 2.05) is 30.3 Å². The molecule has 6 heteroatoms. The van der Waals surface area contributed by atoms with Crippen molar-refractivity contribution in [1.82, 2.24) is 10.2 Å². The molecule has 3 amide bonds. The lowest BCUT2D eigenvalue weighted by atomic mass is 9.76. The van der Waals surface area contributed by atoms with Crippen LogP contribution < -0.4 is 5.32 Å². The molecule has 0 spiro atoms. The predicted molar refractivity (Wildman–Crippen MR) is 82.6 cm³/mol. The SMILES string of the molecule is O=C(O)C1CCC2C(=O)N(CCc3ccccc3)C(=O)NC2C1. The molecule has 1 aliphatic carbocycles. The Morgan fingerprint density at radius 1 is 1.22 bits per heavy atom. The number of hydrogen-bond acceptors (Lipinski definition) is 3. The molecule has 23 heavy (non-hydrogen) atoms. The number of carbonyl (C=O) groups is 3. The molecule has 1 aromatic carbocycles. The van der Waals surface area contributed by atoms with Crippen LogP contribution in [0.25, 0.3) is 0 Å². The molecule has 0 bridgehead atoms. The van der Waals surface area contributed by atoms with Crippen LogP contribution in [0.3, 0.4) is 0 Å². The van der Waals surface area contributed by atoms with Crippen molar-refractivity contribution in [1.29, 1.82) is 0 Å². The second kappa shape index (κ2) is 6.40. The Balaban J connectivity index is 1.65. The molecule has 1 aromatic rings. The van der Waals surface area contributed by atoms with E-state index in [9.17, 15) is 14.4 Å². The number of urea groups is 1. The van der Waals surface area contributed by atoms with E-state index >= 15 is 0 Å². The van der Waals surface area contributed by atoms with Gasteiger partial charge >= 0.3 is 12.0 Å². The smallest absolute Gasteiger partial charge is 0.324 e. The van der Waals surface area contributed by atoms with Gasteiger partial charge in [0.15, 0.2) is 0 Å². The molecule has 3 unspecified atom stereocenters. The predicted octanol–water partition coefficient (Wildman–Crippen LogP) is 1.65. The number of nitrogens with one attached hydrogen (secondary N) is 1. The number of benzene rings is 1. The average molecular weight is 316 g/mol. The normalized spacial score (nSPS) is 27.3. The maximum absolute atomic E-state index is 12.6. The van der Waals surface area contributed by atoms with Crippen LogP contribution in [0.4, 0.5) is 4.79 Å². The van der Waals surface area contributed by atoms with Gasteiger partial charge in [-0.15, -0.1) is 0 Å². The van der Waals surface area contributed by atoms with Gasteiger partial charge in [-0.05, 0) is 31.2 Å². The molecule has 122 valence electrons. The van der Waals surface area contributed by atoms with Gasteiger partial charge in [0.2, 0.25) is 5.91 Å². The van der Waals surface area contributed by atoms with Gasteiger partial charge in [0.05, 0.1) is 11.8 Å². The minimum atomic E-state index is -0.850. The highest BCUT2D eigenvalue weighted by atomic mass is 16.4. The highest BCUT2D eigenvalue weighted by molar-refractivity contribution is 5.98. The van der Waals surface area contributed by atoms with Gasteiger partial charge in [-0.25, -0.2) is 4.79 Å². The standard InChI is InChI=1S/C17H20N2O4/c20-15-13-7-6-12(16(21)22)10-14(13)18-17(23)19(15)9-8-11-4-2-1-3-5-11/h1-5,12-14H,6-10H2,(H,18,23)(H,21,22). The maximum Gasteiger partial charge on any atom is 0.324 e. The monoisotopic (exact) mass is 316 g/mol. The van der Waals surface area contributed by atoms with Crippen molar-refractivity contribution in [2.75, 3.05) is 6.54 Å². The fourth-order valence-electron chi connectivity index (χ4n) is 3.48. The average Bonchev–Trinajstić information content (AvgIpc) is 2.55. The first kappa shape index (κ1) is 15.5. The number of hydrogen-bond donors (Lipinski definition) is 2. The molecule has 2 N–H and O–H groups in total. The molecule has 6 nitrogen and oxygen atoms in total. The Kier molecular flexibility index (Phi) is 4.32. The van der Waals surface area contributed by atoms with Crippen molar-refractivity contribution in [3.63, 3.8) is 0 Å². The quantitative estimate of drug-likeness (QED) is 0.884. The first-order valence-electron chi connectivity index (χ1n) is 7.95. The van der Waals surface area contributed by atoms with Crippen LogP contribution in [0.15, 0.2) is 30.3 Å². The summed E-state index contributed by atoms with van der Waals surface area (Å²) in [5, 5.41) is 11.9. The minimum absolute atomic E-state index is 0.168. The van der Waals surface area contributed by atoms with E-state index in [1.54, 1.807) is 0 Å². The van der Waals surface area contributed by atoms with Crippen LogP contribution >= 0.6 is 0 Å². The summed E-state index contributed by atoms with van der Waals surface area (Å²) in [5.74, 6) is -1.78. The molecular weight excluding hydrogens is 296 g/mol. The highest BCUT2D eigenvalue weighted by Crippen LogP contribution is 2.33. The van der Waals surface area contributed by atoms with Crippen LogP contribution in [0.1, 0.15) is 24.8 Å². The number of aliphatic carboxylic acids is 1. The van der Waals surface area contributed by atoms with Crippen molar-refractivity contribution in [3.8, 4) is 0 Å². The van der Waals surface area contributed by atoms with Gasteiger partial charge in [0.25, 0.3) is 0 Å². The summed E-state index contributed by atoms with van der Waals surface area (Å²) < 4.78 is 0. The number of rotatable bonds is 4. The van der Waals surface area contributed by atoms with Crippen molar-refractivity contribution in [2.45, 2.75) is 31.7 Å². The van der Waals surface area contributed by atoms with Crippen molar-refractivity contribution in [3.05, 3.63) is 35.9 Å². The zero-order chi connectivity index (χ0) is 16.4. The summed E-state index contributed by atoms with van der Waals surface area (Å²) in [6.45, 7) is 0.347. The highest BCUT2D eigenvalue weighted by Gasteiger charge is 2.45. The fraction of sp³-hybridized carbons (Fsp3) is 0.471. The van der Waals surface area contributed by atoms with E-state index in [0.29, 0.717) is 32.2 Å². The van der Waals surface area contributed by atoms with E-state index in [2.05, 4.69) is 5.32 Å². The topological polar surface area (TPSA) is 86.7 Å². The Hall–Kier alpha value is -2.37. The van der Waals surface area contributed by atoms with Gasteiger partial charge in [-0.3, -0.25) is 14.5 Å². The van der Waals surface area contributed by atoms with Gasteiger partial charge < -0.3 is 10.4 Å². The third-order valence-electron chi connectivity index (χ3n) is 4.80. The second-order valence-electron chi connectivity index (χ2n) is 6.24. The van der Waals surface area contributed by atoms with Crippen LogP contribution in [-0.2, 0) is 16.0 Å². The molecule has 1 aliphatic heterocycles. The Morgan fingerprint density at radius 3 is 2.65 bits per heavy atom. The van der Waals surface area contributed by atoms with Crippen molar-refractivity contribution in [2.24, 2.45) is 11.8 Å². The zero-order valence-electron chi connectivity index (χ0n) is 12.8. The largest absolute Gasteiger partial charge is 0.481 e. The molecule has 2 aliphatic rings. The summed E-state index contributed by atoms with van der Waals surface area (Å²) in [7, 11) is 0. The number of fused-ring (bicyclic) bond motifs is 1. The van der Waals surface area contributed by atoms with Gasteiger partial charge in [-0.2, -0.15) is 0 Å². The first-order valence-corrected chi connectivity index (χ1v) is 7.95. The summed E-state index contributed by atoms with van der Waals surface area (Å²) >= 11 is 0. The van der Waals surface area contributed by atoms with Gasteiger partial charge in [0, 0.05) is 12.6 Å². The van der Waals surface area contributed by atoms with Crippen LogP contribution in [0.2, 0.25) is 0 Å². The molecule has 1 heterocycles.